The number of amides is 1. The highest BCUT2D eigenvalue weighted by molar-refractivity contribution is 7.92. The predicted molar refractivity (Wildman–Crippen MR) is 125 cm³/mol. The second-order valence-electron chi connectivity index (χ2n) is 7.91. The molecular formula is C23H30N4O3S. The Kier molecular flexibility index (Phi) is 7.84. The van der Waals surface area contributed by atoms with E-state index in [1.807, 2.05) is 30.3 Å². The maximum absolute atomic E-state index is 12.6. The average Bonchev–Trinajstić information content (AvgIpc) is 2.74. The summed E-state index contributed by atoms with van der Waals surface area (Å²) in [5, 5.41) is 3.13. The second kappa shape index (κ2) is 10.6. The molecular weight excluding hydrogens is 412 g/mol. The number of nitrogens with zero attached hydrogens (tertiary/aromatic N) is 2. The van der Waals surface area contributed by atoms with Crippen molar-refractivity contribution in [2.45, 2.75) is 6.04 Å². The van der Waals surface area contributed by atoms with E-state index in [0.717, 1.165) is 50.1 Å². The SMILES string of the molecule is CN1CCN(CC(NC(=O)/C=C/c2ccc(NS(C)(=O)=O)cc2)c2ccccc2)CC1. The number of benzene rings is 2. The van der Waals surface area contributed by atoms with E-state index in [-0.39, 0.29) is 11.9 Å². The molecule has 2 aromatic carbocycles. The van der Waals surface area contributed by atoms with Crippen molar-refractivity contribution in [1.29, 1.82) is 0 Å². The number of carbonyl (C=O) groups excluding carboxylic acids is 1. The topological polar surface area (TPSA) is 81.8 Å². The van der Waals surface area contributed by atoms with Crippen LogP contribution in [0.2, 0.25) is 0 Å². The Morgan fingerprint density at radius 1 is 1.03 bits per heavy atom. The molecule has 3 rings (SSSR count). The minimum absolute atomic E-state index is 0.0944. The van der Waals surface area contributed by atoms with Crippen LogP contribution in [0.15, 0.2) is 60.7 Å². The van der Waals surface area contributed by atoms with Crippen molar-refractivity contribution in [2.24, 2.45) is 0 Å². The quantitative estimate of drug-likeness (QED) is 0.613. The first-order valence-corrected chi connectivity index (χ1v) is 12.2. The minimum atomic E-state index is -3.31. The van der Waals surface area contributed by atoms with E-state index >= 15 is 0 Å². The minimum Gasteiger partial charge on any atom is -0.344 e. The van der Waals surface area contributed by atoms with E-state index in [4.69, 9.17) is 0 Å². The zero-order valence-electron chi connectivity index (χ0n) is 18.0. The molecule has 2 N–H and O–H groups in total. The Morgan fingerprint density at radius 2 is 1.68 bits per heavy atom. The molecule has 0 spiro atoms. The van der Waals surface area contributed by atoms with Gasteiger partial charge in [0.15, 0.2) is 0 Å². The summed E-state index contributed by atoms with van der Waals surface area (Å²) in [6.45, 7) is 4.79. The van der Waals surface area contributed by atoms with Gasteiger partial charge in [-0.2, -0.15) is 0 Å². The lowest BCUT2D eigenvalue weighted by molar-refractivity contribution is -0.117. The molecule has 31 heavy (non-hydrogen) atoms. The number of piperazine rings is 1. The van der Waals surface area contributed by atoms with Crippen molar-refractivity contribution < 1.29 is 13.2 Å². The molecule has 166 valence electrons. The van der Waals surface area contributed by atoms with Crippen molar-refractivity contribution in [3.8, 4) is 0 Å². The van der Waals surface area contributed by atoms with Crippen LogP contribution in [0.4, 0.5) is 5.69 Å². The fraction of sp³-hybridized carbons (Fsp3) is 0.348. The van der Waals surface area contributed by atoms with E-state index in [0.29, 0.717) is 5.69 Å². The van der Waals surface area contributed by atoms with E-state index < -0.39 is 10.0 Å². The third-order valence-corrected chi connectivity index (χ3v) is 5.80. The highest BCUT2D eigenvalue weighted by atomic mass is 32.2. The first kappa shape index (κ1) is 23.0. The van der Waals surface area contributed by atoms with Gasteiger partial charge in [-0.1, -0.05) is 42.5 Å². The Hall–Kier alpha value is -2.68. The lowest BCUT2D eigenvalue weighted by Crippen LogP contribution is -2.47. The zero-order chi connectivity index (χ0) is 22.3. The van der Waals surface area contributed by atoms with Gasteiger partial charge in [-0.05, 0) is 36.4 Å². The summed E-state index contributed by atoms with van der Waals surface area (Å²) in [7, 11) is -1.18. The van der Waals surface area contributed by atoms with Crippen LogP contribution in [0.1, 0.15) is 17.2 Å². The van der Waals surface area contributed by atoms with E-state index in [1.54, 1.807) is 30.3 Å². The van der Waals surface area contributed by atoms with Crippen LogP contribution in [0.5, 0.6) is 0 Å². The Balaban J connectivity index is 1.63. The van der Waals surface area contributed by atoms with Gasteiger partial charge in [0.1, 0.15) is 0 Å². The molecule has 8 heteroatoms. The number of hydrogen-bond acceptors (Lipinski definition) is 5. The van der Waals surface area contributed by atoms with Gasteiger partial charge >= 0.3 is 0 Å². The molecule has 1 aliphatic rings. The molecule has 1 amide bonds. The standard InChI is InChI=1S/C23H30N4O3S/c1-26-14-16-27(17-15-26)18-22(20-6-4-3-5-7-20)24-23(28)13-10-19-8-11-21(12-9-19)25-31(2,29)30/h3-13,22,25H,14-18H2,1-2H3,(H,24,28)/b13-10+. The smallest absolute Gasteiger partial charge is 0.244 e. The fourth-order valence-electron chi connectivity index (χ4n) is 3.48. The zero-order valence-corrected chi connectivity index (χ0v) is 18.8. The van der Waals surface area contributed by atoms with Crippen molar-refractivity contribution in [3.63, 3.8) is 0 Å². The molecule has 0 saturated carbocycles. The van der Waals surface area contributed by atoms with Gasteiger partial charge in [-0.15, -0.1) is 0 Å². The third-order valence-electron chi connectivity index (χ3n) is 5.20. The van der Waals surface area contributed by atoms with Crippen LogP contribution in [0.3, 0.4) is 0 Å². The van der Waals surface area contributed by atoms with Crippen LogP contribution in [0.25, 0.3) is 6.08 Å². The van der Waals surface area contributed by atoms with Gasteiger partial charge in [0.2, 0.25) is 15.9 Å². The van der Waals surface area contributed by atoms with E-state index in [1.165, 1.54) is 6.08 Å². The van der Waals surface area contributed by atoms with Crippen molar-refractivity contribution in [2.75, 3.05) is 50.7 Å². The number of sulfonamides is 1. The molecule has 1 saturated heterocycles. The lowest BCUT2D eigenvalue weighted by atomic mass is 10.1. The van der Waals surface area contributed by atoms with Crippen molar-refractivity contribution in [3.05, 3.63) is 71.8 Å². The summed E-state index contributed by atoms with van der Waals surface area (Å²) in [6, 6.07) is 16.8. The number of carbonyl (C=O) groups is 1. The molecule has 7 nitrogen and oxygen atoms in total. The highest BCUT2D eigenvalue weighted by Crippen LogP contribution is 2.16. The van der Waals surface area contributed by atoms with Gasteiger partial charge in [0, 0.05) is 44.5 Å². The largest absolute Gasteiger partial charge is 0.344 e. The molecule has 0 radical (unpaired) electrons. The van der Waals surface area contributed by atoms with Crippen LogP contribution in [-0.4, -0.2) is 70.2 Å². The molecule has 1 heterocycles. The fourth-order valence-corrected chi connectivity index (χ4v) is 4.04. The van der Waals surface area contributed by atoms with E-state index in [2.05, 4.69) is 26.9 Å². The number of rotatable bonds is 8. The summed E-state index contributed by atoms with van der Waals surface area (Å²) in [6.07, 6.45) is 4.34. The molecule has 1 fully saturated rings. The maximum atomic E-state index is 12.6. The Morgan fingerprint density at radius 3 is 2.29 bits per heavy atom. The number of nitrogens with one attached hydrogen (secondary N) is 2. The number of anilines is 1. The van der Waals surface area contributed by atoms with Crippen LogP contribution in [0, 0.1) is 0 Å². The number of likely N-dealkylation sites (N-methyl/N-ethyl adjacent to an activating group) is 1. The molecule has 1 aliphatic heterocycles. The molecule has 2 aromatic rings. The van der Waals surface area contributed by atoms with Crippen LogP contribution in [-0.2, 0) is 14.8 Å². The van der Waals surface area contributed by atoms with Crippen molar-refractivity contribution in [1.82, 2.24) is 15.1 Å². The first-order chi connectivity index (χ1) is 14.8. The van der Waals surface area contributed by atoms with Crippen LogP contribution < -0.4 is 10.0 Å². The Labute approximate surface area is 184 Å². The van der Waals surface area contributed by atoms with Gasteiger partial charge in [0.05, 0.1) is 12.3 Å². The van der Waals surface area contributed by atoms with Gasteiger partial charge < -0.3 is 10.2 Å². The van der Waals surface area contributed by atoms with Gasteiger partial charge in [0.25, 0.3) is 0 Å². The summed E-state index contributed by atoms with van der Waals surface area (Å²) in [5.41, 5.74) is 2.38. The molecule has 0 aliphatic carbocycles. The summed E-state index contributed by atoms with van der Waals surface area (Å²) in [5.74, 6) is -0.165. The normalized spacial score (nSPS) is 16.8. The van der Waals surface area contributed by atoms with Gasteiger partial charge in [-0.25, -0.2) is 8.42 Å². The van der Waals surface area contributed by atoms with Gasteiger partial charge in [-0.3, -0.25) is 14.4 Å². The maximum Gasteiger partial charge on any atom is 0.244 e. The monoisotopic (exact) mass is 442 g/mol. The summed E-state index contributed by atoms with van der Waals surface area (Å²) in [4.78, 5) is 17.3. The molecule has 1 atom stereocenters. The first-order valence-electron chi connectivity index (χ1n) is 10.3. The summed E-state index contributed by atoms with van der Waals surface area (Å²) >= 11 is 0. The lowest BCUT2D eigenvalue weighted by Gasteiger charge is -2.34. The molecule has 1 unspecified atom stereocenters. The highest BCUT2D eigenvalue weighted by Gasteiger charge is 2.20. The molecule has 0 bridgehead atoms. The Bertz CT molecular complexity index is 983. The molecule has 0 aromatic heterocycles. The predicted octanol–water partition coefficient (Wildman–Crippen LogP) is 2.18. The number of hydrogen-bond donors (Lipinski definition) is 2. The van der Waals surface area contributed by atoms with Crippen molar-refractivity contribution >= 4 is 27.7 Å². The average molecular weight is 443 g/mol. The third kappa shape index (κ3) is 7.82. The van der Waals surface area contributed by atoms with Crippen LogP contribution >= 0.6 is 0 Å². The summed E-state index contributed by atoms with van der Waals surface area (Å²) < 4.78 is 25.0. The second-order valence-corrected chi connectivity index (χ2v) is 9.65. The van der Waals surface area contributed by atoms with E-state index in [9.17, 15) is 13.2 Å².